The van der Waals surface area contributed by atoms with Crippen LogP contribution in [0.2, 0.25) is 0 Å². The first-order valence-electron chi connectivity index (χ1n) is 10.6. The molecule has 1 aromatic carbocycles. The SMILES string of the molecule is O=C(NCc1ccco1)[C@@H](C1CCCC1)N1CCN(C(=O)c2ccccc2)CC1. The van der Waals surface area contributed by atoms with E-state index in [1.165, 1.54) is 12.8 Å². The van der Waals surface area contributed by atoms with E-state index in [0.717, 1.165) is 37.3 Å². The van der Waals surface area contributed by atoms with Crippen molar-refractivity contribution in [1.29, 1.82) is 0 Å². The fraction of sp³-hybridized carbons (Fsp3) is 0.478. The van der Waals surface area contributed by atoms with Crippen molar-refractivity contribution >= 4 is 11.8 Å². The summed E-state index contributed by atoms with van der Waals surface area (Å²) in [5, 5.41) is 3.06. The van der Waals surface area contributed by atoms with Crippen molar-refractivity contribution in [2.45, 2.75) is 38.3 Å². The van der Waals surface area contributed by atoms with Gasteiger partial charge in [0.2, 0.25) is 5.91 Å². The van der Waals surface area contributed by atoms with Crippen molar-refractivity contribution in [3.05, 3.63) is 60.1 Å². The number of hydrogen-bond donors (Lipinski definition) is 1. The van der Waals surface area contributed by atoms with Gasteiger partial charge in [-0.15, -0.1) is 0 Å². The van der Waals surface area contributed by atoms with Gasteiger partial charge in [0, 0.05) is 31.7 Å². The third kappa shape index (κ3) is 4.70. The zero-order valence-corrected chi connectivity index (χ0v) is 16.8. The summed E-state index contributed by atoms with van der Waals surface area (Å²) in [6, 6.07) is 13.0. The van der Waals surface area contributed by atoms with E-state index < -0.39 is 0 Å². The van der Waals surface area contributed by atoms with Gasteiger partial charge in [0.05, 0.1) is 18.8 Å². The Morgan fingerprint density at radius 1 is 1.00 bits per heavy atom. The van der Waals surface area contributed by atoms with Crippen molar-refractivity contribution in [3.63, 3.8) is 0 Å². The summed E-state index contributed by atoms with van der Waals surface area (Å²) in [6.07, 6.45) is 6.21. The molecule has 6 nitrogen and oxygen atoms in total. The molecule has 1 aromatic heterocycles. The van der Waals surface area contributed by atoms with Crippen LogP contribution in [-0.4, -0.2) is 53.8 Å². The van der Waals surface area contributed by atoms with E-state index in [0.29, 0.717) is 25.6 Å². The molecule has 4 rings (SSSR count). The fourth-order valence-corrected chi connectivity index (χ4v) is 4.61. The van der Waals surface area contributed by atoms with E-state index in [2.05, 4.69) is 10.2 Å². The molecule has 1 aliphatic carbocycles. The Hall–Kier alpha value is -2.60. The monoisotopic (exact) mass is 395 g/mol. The molecule has 0 radical (unpaired) electrons. The second-order valence-corrected chi connectivity index (χ2v) is 7.98. The Morgan fingerprint density at radius 2 is 1.72 bits per heavy atom. The van der Waals surface area contributed by atoms with E-state index in [1.54, 1.807) is 6.26 Å². The maximum absolute atomic E-state index is 13.1. The van der Waals surface area contributed by atoms with Gasteiger partial charge in [0.15, 0.2) is 0 Å². The largest absolute Gasteiger partial charge is 0.467 e. The van der Waals surface area contributed by atoms with Crippen LogP contribution in [0.5, 0.6) is 0 Å². The quantitative estimate of drug-likeness (QED) is 0.817. The molecule has 0 unspecified atom stereocenters. The van der Waals surface area contributed by atoms with Crippen LogP contribution in [0.3, 0.4) is 0 Å². The van der Waals surface area contributed by atoms with Crippen LogP contribution in [0.1, 0.15) is 41.8 Å². The number of nitrogens with one attached hydrogen (secondary N) is 1. The summed E-state index contributed by atoms with van der Waals surface area (Å²) in [4.78, 5) is 30.0. The van der Waals surface area contributed by atoms with Crippen LogP contribution in [0.4, 0.5) is 0 Å². The molecule has 6 heteroatoms. The van der Waals surface area contributed by atoms with E-state index in [9.17, 15) is 9.59 Å². The van der Waals surface area contributed by atoms with Gasteiger partial charge in [0.1, 0.15) is 5.76 Å². The summed E-state index contributed by atoms with van der Waals surface area (Å²) < 4.78 is 5.34. The van der Waals surface area contributed by atoms with Gasteiger partial charge in [-0.2, -0.15) is 0 Å². The number of carbonyl (C=O) groups is 2. The number of piperazine rings is 1. The van der Waals surface area contributed by atoms with Crippen molar-refractivity contribution in [3.8, 4) is 0 Å². The third-order valence-electron chi connectivity index (χ3n) is 6.15. The molecule has 154 valence electrons. The molecule has 0 spiro atoms. The highest BCUT2D eigenvalue weighted by molar-refractivity contribution is 5.94. The average Bonchev–Trinajstić information content (AvgIpc) is 3.48. The summed E-state index contributed by atoms with van der Waals surface area (Å²) in [7, 11) is 0. The van der Waals surface area contributed by atoms with E-state index in [-0.39, 0.29) is 17.9 Å². The molecule has 1 atom stereocenters. The minimum absolute atomic E-state index is 0.0740. The number of amides is 2. The first kappa shape index (κ1) is 19.7. The molecule has 0 bridgehead atoms. The molecule has 29 heavy (non-hydrogen) atoms. The molecular weight excluding hydrogens is 366 g/mol. The summed E-state index contributed by atoms with van der Waals surface area (Å²) in [5.41, 5.74) is 0.726. The highest BCUT2D eigenvalue weighted by Crippen LogP contribution is 2.31. The molecular formula is C23H29N3O3. The van der Waals surface area contributed by atoms with Crippen LogP contribution >= 0.6 is 0 Å². The third-order valence-corrected chi connectivity index (χ3v) is 6.15. The Morgan fingerprint density at radius 3 is 2.38 bits per heavy atom. The molecule has 2 fully saturated rings. The predicted molar refractivity (Wildman–Crippen MR) is 110 cm³/mol. The molecule has 1 saturated carbocycles. The number of nitrogens with zero attached hydrogens (tertiary/aromatic N) is 2. The lowest BCUT2D eigenvalue weighted by Crippen LogP contribution is -2.57. The van der Waals surface area contributed by atoms with Crippen molar-refractivity contribution < 1.29 is 14.0 Å². The van der Waals surface area contributed by atoms with E-state index >= 15 is 0 Å². The predicted octanol–water partition coefficient (Wildman–Crippen LogP) is 2.91. The van der Waals surface area contributed by atoms with Gasteiger partial charge < -0.3 is 14.6 Å². The fourth-order valence-electron chi connectivity index (χ4n) is 4.61. The Labute approximate surface area is 171 Å². The minimum Gasteiger partial charge on any atom is -0.467 e. The van der Waals surface area contributed by atoms with Gasteiger partial charge in [-0.1, -0.05) is 31.0 Å². The van der Waals surface area contributed by atoms with Crippen molar-refractivity contribution in [2.75, 3.05) is 26.2 Å². The molecule has 1 aliphatic heterocycles. The van der Waals surface area contributed by atoms with Crippen LogP contribution in [0, 0.1) is 5.92 Å². The van der Waals surface area contributed by atoms with Gasteiger partial charge in [-0.3, -0.25) is 14.5 Å². The van der Waals surface area contributed by atoms with Crippen LogP contribution in [0.15, 0.2) is 53.1 Å². The number of rotatable bonds is 6. The first-order chi connectivity index (χ1) is 14.2. The second kappa shape index (κ2) is 9.27. The van der Waals surface area contributed by atoms with E-state index in [1.807, 2.05) is 47.4 Å². The van der Waals surface area contributed by atoms with Crippen LogP contribution < -0.4 is 5.32 Å². The zero-order chi connectivity index (χ0) is 20.1. The Balaban J connectivity index is 1.38. The van der Waals surface area contributed by atoms with Crippen LogP contribution in [0.25, 0.3) is 0 Å². The normalized spacial score (nSPS) is 19.2. The van der Waals surface area contributed by atoms with Crippen molar-refractivity contribution in [2.24, 2.45) is 5.92 Å². The number of hydrogen-bond acceptors (Lipinski definition) is 4. The Kier molecular flexibility index (Phi) is 6.30. The summed E-state index contributed by atoms with van der Waals surface area (Å²) in [6.45, 7) is 3.19. The van der Waals surface area contributed by atoms with E-state index in [4.69, 9.17) is 4.42 Å². The van der Waals surface area contributed by atoms with Crippen molar-refractivity contribution in [1.82, 2.24) is 15.1 Å². The summed E-state index contributed by atoms with van der Waals surface area (Å²) >= 11 is 0. The molecule has 1 N–H and O–H groups in total. The lowest BCUT2D eigenvalue weighted by atomic mass is 9.95. The average molecular weight is 396 g/mol. The highest BCUT2D eigenvalue weighted by atomic mass is 16.3. The lowest BCUT2D eigenvalue weighted by molar-refractivity contribution is -0.129. The Bertz CT molecular complexity index is 792. The van der Waals surface area contributed by atoms with Gasteiger partial charge in [-0.05, 0) is 43.0 Å². The van der Waals surface area contributed by atoms with Crippen LogP contribution in [-0.2, 0) is 11.3 Å². The molecule has 1 saturated heterocycles. The van der Waals surface area contributed by atoms with Gasteiger partial charge in [0.25, 0.3) is 5.91 Å². The lowest BCUT2D eigenvalue weighted by Gasteiger charge is -2.40. The van der Waals surface area contributed by atoms with Gasteiger partial charge >= 0.3 is 0 Å². The minimum atomic E-state index is -0.124. The second-order valence-electron chi connectivity index (χ2n) is 7.98. The molecule has 2 amide bonds. The van der Waals surface area contributed by atoms with Gasteiger partial charge in [-0.25, -0.2) is 0 Å². The summed E-state index contributed by atoms with van der Waals surface area (Å²) in [5.74, 6) is 1.31. The molecule has 2 heterocycles. The first-order valence-corrected chi connectivity index (χ1v) is 10.6. The molecule has 2 aliphatic rings. The molecule has 2 aromatic rings. The maximum atomic E-state index is 13.1. The zero-order valence-electron chi connectivity index (χ0n) is 16.8. The number of carbonyl (C=O) groups excluding carboxylic acids is 2. The topological polar surface area (TPSA) is 65.8 Å². The number of furan rings is 1. The standard InChI is InChI=1S/C23H29N3O3/c27-22(24-17-20-11-6-16-29-20)21(18-7-4-5-8-18)25-12-14-26(15-13-25)23(28)19-9-2-1-3-10-19/h1-3,6,9-11,16,18,21H,4-5,7-8,12-15,17H2,(H,24,27)/t21-/m1/s1. The highest BCUT2D eigenvalue weighted by Gasteiger charge is 2.37. The number of benzene rings is 1. The maximum Gasteiger partial charge on any atom is 0.253 e. The smallest absolute Gasteiger partial charge is 0.253 e.